The first-order valence-corrected chi connectivity index (χ1v) is 20.8. The summed E-state index contributed by atoms with van der Waals surface area (Å²) in [6, 6.07) is 43.3. The van der Waals surface area contributed by atoms with Crippen LogP contribution in [0.2, 0.25) is 0 Å². The number of furan rings is 1. The van der Waals surface area contributed by atoms with E-state index in [4.69, 9.17) is 14.4 Å². The van der Waals surface area contributed by atoms with Crippen LogP contribution in [-0.2, 0) is 10.8 Å². The minimum Gasteiger partial charge on any atom is -0.506 e. The van der Waals surface area contributed by atoms with Crippen LogP contribution in [0.15, 0.2) is 126 Å². The Hall–Kier alpha value is -6.46. The second-order valence-electron chi connectivity index (χ2n) is 18.9. The number of rotatable bonds is 3. The number of benzene rings is 6. The number of fused-ring (bicyclic) bond motifs is 4. The molecule has 1 N–H and O–H groups in total. The largest absolute Gasteiger partial charge is 0.506 e. The van der Waals surface area contributed by atoms with E-state index in [1.807, 2.05) is 18.2 Å². The molecule has 0 atom stereocenters. The van der Waals surface area contributed by atoms with Gasteiger partial charge in [-0.2, -0.15) is 0 Å². The number of para-hydroxylation sites is 2. The van der Waals surface area contributed by atoms with E-state index in [9.17, 15) is 5.11 Å². The van der Waals surface area contributed by atoms with Gasteiger partial charge in [0.05, 0.1) is 28.0 Å². The molecule has 12 rings (SSSR count). The van der Waals surface area contributed by atoms with Gasteiger partial charge in [-0.05, 0) is 117 Å². The van der Waals surface area contributed by atoms with Crippen molar-refractivity contribution in [3.05, 3.63) is 177 Å². The number of hydrogen-bond donors (Lipinski definition) is 1. The van der Waals surface area contributed by atoms with Crippen molar-refractivity contribution >= 4 is 33.1 Å². The van der Waals surface area contributed by atoms with Gasteiger partial charge in [0.1, 0.15) is 22.7 Å². The van der Waals surface area contributed by atoms with Crippen LogP contribution in [0.5, 0.6) is 5.75 Å². The highest BCUT2D eigenvalue weighted by Gasteiger charge is 2.43. The molecule has 3 heterocycles. The van der Waals surface area contributed by atoms with Crippen molar-refractivity contribution in [3.8, 4) is 34.1 Å². The summed E-state index contributed by atoms with van der Waals surface area (Å²) in [7, 11) is 0. The summed E-state index contributed by atoms with van der Waals surface area (Å²) >= 11 is 0. The average Bonchev–Trinajstić information content (AvgIpc) is 3.78. The van der Waals surface area contributed by atoms with E-state index in [0.29, 0.717) is 22.6 Å². The predicted octanol–water partition coefficient (Wildman–Crippen LogP) is 13.6. The fourth-order valence-electron chi connectivity index (χ4n) is 10.1. The zero-order chi connectivity index (χ0) is 40.7. The number of phenolic OH excluding ortho intramolecular Hbond substituents is 1. The van der Waals surface area contributed by atoms with Crippen molar-refractivity contribution in [1.82, 2.24) is 14.5 Å². The fourth-order valence-corrected chi connectivity index (χ4v) is 10.1. The van der Waals surface area contributed by atoms with Crippen LogP contribution >= 0.6 is 0 Å². The van der Waals surface area contributed by atoms with Crippen molar-refractivity contribution in [2.75, 3.05) is 0 Å². The lowest BCUT2D eigenvalue weighted by molar-refractivity contribution is 0.477. The Kier molecular flexibility index (Phi) is 7.43. The molecule has 0 radical (unpaired) electrons. The summed E-state index contributed by atoms with van der Waals surface area (Å²) in [5, 5.41) is 13.6. The van der Waals surface area contributed by atoms with E-state index in [2.05, 4.69) is 163 Å². The van der Waals surface area contributed by atoms with Crippen LogP contribution in [0.25, 0.3) is 61.4 Å². The van der Waals surface area contributed by atoms with E-state index >= 15 is 0 Å². The Balaban J connectivity index is 1.12. The summed E-state index contributed by atoms with van der Waals surface area (Å²) in [5.74, 6) is 1.09. The lowest BCUT2D eigenvalue weighted by atomic mass is 9.61. The van der Waals surface area contributed by atoms with Gasteiger partial charge in [0.15, 0.2) is 5.58 Å². The summed E-state index contributed by atoms with van der Waals surface area (Å²) in [6.45, 7) is 17.8. The third-order valence-corrected chi connectivity index (χ3v) is 13.0. The first kappa shape index (κ1) is 35.7. The third-order valence-electron chi connectivity index (χ3n) is 13.0. The van der Waals surface area contributed by atoms with Gasteiger partial charge in [0, 0.05) is 28.3 Å². The number of pyridine rings is 1. The Morgan fingerprint density at radius 3 is 1.81 bits per heavy atom. The highest BCUT2D eigenvalue weighted by atomic mass is 16.3. The van der Waals surface area contributed by atoms with E-state index in [-0.39, 0.29) is 28.4 Å². The SMILES string of the molecule is Cc1cc(C(C)(C)C)cc(C)c1-n1c(-c2cc(C(C)(C)C)cc(-c3ccc4oc5c6c(ccc5c4n3)C3c4ccccc4C6c4ccccc43)c2O)nc2ccccc21. The van der Waals surface area contributed by atoms with Crippen molar-refractivity contribution in [2.24, 2.45) is 0 Å². The Bertz CT molecular complexity index is 3170. The van der Waals surface area contributed by atoms with Crippen LogP contribution in [-0.4, -0.2) is 19.6 Å². The molecule has 3 aliphatic rings. The lowest BCUT2D eigenvalue weighted by Gasteiger charge is -2.41. The van der Waals surface area contributed by atoms with Gasteiger partial charge in [-0.1, -0.05) is 120 Å². The number of imidazole rings is 1. The second kappa shape index (κ2) is 12.3. The molecule has 0 spiro atoms. The molecule has 0 amide bonds. The van der Waals surface area contributed by atoms with Crippen LogP contribution in [0.1, 0.15) is 109 Å². The maximum absolute atomic E-state index is 12.6. The zero-order valence-electron chi connectivity index (χ0n) is 34.9. The van der Waals surface area contributed by atoms with Crippen LogP contribution in [0, 0.1) is 13.8 Å². The number of phenols is 1. The molecule has 5 nitrogen and oxygen atoms in total. The molecule has 0 saturated carbocycles. The molecule has 9 aromatic rings. The maximum Gasteiger partial charge on any atom is 0.153 e. The number of nitrogens with zero attached hydrogens (tertiary/aromatic N) is 3. The molecule has 0 saturated heterocycles. The van der Waals surface area contributed by atoms with Crippen molar-refractivity contribution in [2.45, 2.75) is 78.1 Å². The number of hydrogen-bond acceptors (Lipinski definition) is 4. The van der Waals surface area contributed by atoms with E-state index in [0.717, 1.165) is 55.5 Å². The molecule has 290 valence electrons. The van der Waals surface area contributed by atoms with Gasteiger partial charge in [0.25, 0.3) is 0 Å². The molecule has 0 unspecified atom stereocenters. The predicted molar refractivity (Wildman–Crippen MR) is 240 cm³/mol. The molecular formula is C54H47N3O2. The van der Waals surface area contributed by atoms with Gasteiger partial charge in [-0.15, -0.1) is 0 Å². The first-order valence-electron chi connectivity index (χ1n) is 20.8. The van der Waals surface area contributed by atoms with Crippen LogP contribution in [0.3, 0.4) is 0 Å². The monoisotopic (exact) mass is 769 g/mol. The zero-order valence-corrected chi connectivity index (χ0v) is 34.9. The van der Waals surface area contributed by atoms with Crippen LogP contribution < -0.4 is 0 Å². The van der Waals surface area contributed by atoms with Crippen molar-refractivity contribution in [3.63, 3.8) is 0 Å². The second-order valence-corrected chi connectivity index (χ2v) is 18.9. The summed E-state index contributed by atoms with van der Waals surface area (Å²) < 4.78 is 9.08. The fraction of sp³-hybridized carbons (Fsp3) is 0.222. The number of aryl methyl sites for hydroxylation is 2. The van der Waals surface area contributed by atoms with E-state index in [1.165, 1.54) is 38.9 Å². The third kappa shape index (κ3) is 5.16. The lowest BCUT2D eigenvalue weighted by Crippen LogP contribution is -2.27. The molecule has 3 aliphatic carbocycles. The highest BCUT2D eigenvalue weighted by Crippen LogP contribution is 2.58. The minimum atomic E-state index is -0.231. The molecule has 0 aliphatic heterocycles. The van der Waals surface area contributed by atoms with Gasteiger partial charge < -0.3 is 9.52 Å². The molecular weight excluding hydrogens is 723 g/mol. The number of aromatic nitrogens is 3. The Morgan fingerprint density at radius 1 is 0.593 bits per heavy atom. The van der Waals surface area contributed by atoms with E-state index < -0.39 is 0 Å². The quantitative estimate of drug-likeness (QED) is 0.194. The van der Waals surface area contributed by atoms with Crippen LogP contribution in [0.4, 0.5) is 0 Å². The summed E-state index contributed by atoms with van der Waals surface area (Å²) in [6.07, 6.45) is 0. The van der Waals surface area contributed by atoms with Crippen molar-refractivity contribution in [1.29, 1.82) is 0 Å². The standard InChI is InChI=1S/C54H47N3O2/c1-29-25-31(53(3,4)5)26-30(2)49(29)57-43-20-14-13-19-42(43)56-52(57)40-28-32(54(6,7)8)27-39(50(40)58)41-23-24-44-48(55-41)38-22-21-37-45-33-15-9-11-17-35(33)46(47(37)51(38)59-44)36-18-12-10-16-34(36)45/h9-28,45-46,58H,1-8H3. The Labute approximate surface area is 345 Å². The highest BCUT2D eigenvalue weighted by molar-refractivity contribution is 6.06. The molecule has 6 aromatic carbocycles. The molecule has 59 heavy (non-hydrogen) atoms. The smallest absolute Gasteiger partial charge is 0.153 e. The summed E-state index contributed by atoms with van der Waals surface area (Å²) in [4.78, 5) is 10.6. The van der Waals surface area contributed by atoms with Gasteiger partial charge in [0.2, 0.25) is 0 Å². The molecule has 2 bridgehead atoms. The number of aromatic hydroxyl groups is 1. The van der Waals surface area contributed by atoms with Gasteiger partial charge in [-0.3, -0.25) is 4.57 Å². The van der Waals surface area contributed by atoms with Gasteiger partial charge >= 0.3 is 0 Å². The topological polar surface area (TPSA) is 64.1 Å². The molecule has 0 fully saturated rings. The van der Waals surface area contributed by atoms with E-state index in [1.54, 1.807) is 0 Å². The average molecular weight is 770 g/mol. The molecule has 5 heteroatoms. The normalized spacial score (nSPS) is 15.9. The van der Waals surface area contributed by atoms with Gasteiger partial charge in [-0.25, -0.2) is 9.97 Å². The maximum atomic E-state index is 12.6. The Morgan fingerprint density at radius 2 is 1.17 bits per heavy atom. The first-order chi connectivity index (χ1) is 28.3. The molecule has 3 aromatic heterocycles. The minimum absolute atomic E-state index is 0.00629. The summed E-state index contributed by atoms with van der Waals surface area (Å²) in [5.41, 5.74) is 19.9. The van der Waals surface area contributed by atoms with Crippen molar-refractivity contribution < 1.29 is 9.52 Å².